The first-order chi connectivity index (χ1) is 18.9. The van der Waals surface area contributed by atoms with E-state index in [9.17, 15) is 4.79 Å². The molecule has 2 saturated heterocycles. The number of aromatic nitrogens is 4. The highest BCUT2D eigenvalue weighted by Crippen LogP contribution is 2.35. The van der Waals surface area contributed by atoms with Crippen LogP contribution < -0.4 is 4.74 Å². The molecule has 1 aromatic carbocycles. The van der Waals surface area contributed by atoms with Crippen LogP contribution in [0.4, 0.5) is 0 Å². The highest BCUT2D eigenvalue weighted by molar-refractivity contribution is 6.33. The van der Waals surface area contributed by atoms with E-state index in [4.69, 9.17) is 21.3 Å². The van der Waals surface area contributed by atoms with Crippen LogP contribution in [-0.4, -0.2) is 67.3 Å². The molecule has 2 aliphatic heterocycles. The molecule has 0 saturated carbocycles. The summed E-state index contributed by atoms with van der Waals surface area (Å²) < 4.78 is 7.35. The Balaban J connectivity index is 1.30. The number of fused-ring (bicyclic) bond motifs is 3. The number of imidazole rings is 1. The van der Waals surface area contributed by atoms with Crippen molar-refractivity contribution in [3.8, 4) is 17.1 Å². The van der Waals surface area contributed by atoms with Crippen LogP contribution in [0.3, 0.4) is 0 Å². The second-order valence-electron chi connectivity index (χ2n) is 10.8. The zero-order valence-corrected chi connectivity index (χ0v) is 23.3. The molecule has 2 bridgehead atoms. The number of benzene rings is 1. The van der Waals surface area contributed by atoms with E-state index < -0.39 is 0 Å². The van der Waals surface area contributed by atoms with Crippen molar-refractivity contribution in [3.63, 3.8) is 0 Å². The van der Waals surface area contributed by atoms with Gasteiger partial charge in [0.15, 0.2) is 5.69 Å². The fraction of sp³-hybridized carbons (Fsp3) is 0.400. The number of halogens is 1. The molecule has 39 heavy (non-hydrogen) atoms. The van der Waals surface area contributed by atoms with Gasteiger partial charge >= 0.3 is 0 Å². The van der Waals surface area contributed by atoms with Crippen LogP contribution in [-0.2, 0) is 6.54 Å². The summed E-state index contributed by atoms with van der Waals surface area (Å²) in [6, 6.07) is 14.6. The quantitative estimate of drug-likeness (QED) is 0.321. The van der Waals surface area contributed by atoms with Gasteiger partial charge in [-0.05, 0) is 42.9 Å². The maximum atomic E-state index is 13.5. The number of methoxy groups -OCH3 is 1. The number of hydrogen-bond acceptors (Lipinski definition) is 6. The molecule has 0 radical (unpaired) electrons. The van der Waals surface area contributed by atoms with Gasteiger partial charge in [0.25, 0.3) is 5.91 Å². The SMILES string of the molecule is COc1ccc(Cl)c(C(=O)N2CCC3CCC(C2)N3Cc2c(-c3ccc(C(C)C)cc3)nc3ncccn23)n1. The van der Waals surface area contributed by atoms with Crippen molar-refractivity contribution < 1.29 is 9.53 Å². The first kappa shape index (κ1) is 25.8. The Morgan fingerprint density at radius 3 is 2.64 bits per heavy atom. The van der Waals surface area contributed by atoms with Gasteiger partial charge in [-0.3, -0.25) is 14.1 Å². The Morgan fingerprint density at radius 2 is 1.87 bits per heavy atom. The van der Waals surface area contributed by atoms with Gasteiger partial charge in [0.05, 0.1) is 23.5 Å². The van der Waals surface area contributed by atoms with Gasteiger partial charge in [-0.2, -0.15) is 0 Å². The number of carbonyl (C=O) groups is 1. The predicted octanol–water partition coefficient (Wildman–Crippen LogP) is 5.46. The molecule has 6 rings (SSSR count). The van der Waals surface area contributed by atoms with Crippen molar-refractivity contribution in [2.24, 2.45) is 0 Å². The Labute approximate surface area is 233 Å². The van der Waals surface area contributed by atoms with E-state index in [0.29, 0.717) is 41.7 Å². The predicted molar refractivity (Wildman–Crippen MR) is 151 cm³/mol. The zero-order chi connectivity index (χ0) is 27.1. The number of ether oxygens (including phenoxy) is 1. The molecule has 4 aromatic rings. The van der Waals surface area contributed by atoms with Gasteiger partial charge in [0.2, 0.25) is 11.7 Å². The van der Waals surface area contributed by atoms with Gasteiger partial charge < -0.3 is 9.64 Å². The monoisotopic (exact) mass is 544 g/mol. The van der Waals surface area contributed by atoms with Crippen LogP contribution in [0.25, 0.3) is 17.0 Å². The molecular weight excluding hydrogens is 512 g/mol. The topological polar surface area (TPSA) is 75.9 Å². The minimum atomic E-state index is -0.142. The average molecular weight is 545 g/mol. The molecule has 2 aliphatic rings. The highest BCUT2D eigenvalue weighted by Gasteiger charge is 2.40. The van der Waals surface area contributed by atoms with Gasteiger partial charge in [-0.25, -0.2) is 15.0 Å². The molecule has 9 heteroatoms. The van der Waals surface area contributed by atoms with E-state index in [1.54, 1.807) is 18.3 Å². The van der Waals surface area contributed by atoms with Crippen LogP contribution in [0.5, 0.6) is 5.88 Å². The normalized spacial score (nSPS) is 19.6. The van der Waals surface area contributed by atoms with Crippen molar-refractivity contribution in [1.29, 1.82) is 0 Å². The lowest BCUT2D eigenvalue weighted by Gasteiger charge is -2.29. The number of hydrogen-bond donors (Lipinski definition) is 0. The molecule has 0 N–H and O–H groups in total. The van der Waals surface area contributed by atoms with Gasteiger partial charge in [-0.15, -0.1) is 0 Å². The van der Waals surface area contributed by atoms with Crippen LogP contribution in [0.15, 0.2) is 54.9 Å². The van der Waals surface area contributed by atoms with E-state index in [1.807, 2.05) is 17.2 Å². The van der Waals surface area contributed by atoms with Crippen LogP contribution in [0.1, 0.15) is 60.8 Å². The van der Waals surface area contributed by atoms with E-state index in [1.165, 1.54) is 12.7 Å². The zero-order valence-electron chi connectivity index (χ0n) is 22.5. The van der Waals surface area contributed by atoms with Crippen LogP contribution >= 0.6 is 11.6 Å². The first-order valence-electron chi connectivity index (χ1n) is 13.6. The fourth-order valence-electron chi connectivity index (χ4n) is 5.97. The summed E-state index contributed by atoms with van der Waals surface area (Å²) >= 11 is 6.38. The van der Waals surface area contributed by atoms with Crippen molar-refractivity contribution in [2.75, 3.05) is 20.2 Å². The minimum Gasteiger partial charge on any atom is -0.481 e. The summed E-state index contributed by atoms with van der Waals surface area (Å²) in [5, 5.41) is 0.346. The molecule has 0 aliphatic carbocycles. The lowest BCUT2D eigenvalue weighted by Crippen LogP contribution is -2.41. The molecule has 3 aromatic heterocycles. The van der Waals surface area contributed by atoms with Crippen molar-refractivity contribution in [3.05, 3.63) is 76.8 Å². The number of carbonyl (C=O) groups excluding carboxylic acids is 1. The Morgan fingerprint density at radius 1 is 1.08 bits per heavy atom. The molecule has 8 nitrogen and oxygen atoms in total. The summed E-state index contributed by atoms with van der Waals surface area (Å²) in [4.78, 5) is 31.8. The largest absolute Gasteiger partial charge is 0.481 e. The molecule has 2 fully saturated rings. The number of amides is 1. The van der Waals surface area contributed by atoms with E-state index in [-0.39, 0.29) is 17.6 Å². The average Bonchev–Trinajstić information content (AvgIpc) is 3.45. The fourth-order valence-corrected chi connectivity index (χ4v) is 6.15. The molecule has 0 spiro atoms. The summed E-state index contributed by atoms with van der Waals surface area (Å²) in [5.41, 5.74) is 4.75. The minimum absolute atomic E-state index is 0.142. The molecule has 1 amide bonds. The Hall–Kier alpha value is -3.49. The van der Waals surface area contributed by atoms with E-state index >= 15 is 0 Å². The molecule has 202 valence electrons. The van der Waals surface area contributed by atoms with Crippen LogP contribution in [0.2, 0.25) is 5.02 Å². The van der Waals surface area contributed by atoms with Crippen LogP contribution in [0, 0.1) is 0 Å². The number of rotatable bonds is 6. The third kappa shape index (κ3) is 4.87. The Bertz CT molecular complexity index is 1500. The van der Waals surface area contributed by atoms with E-state index in [2.05, 4.69) is 57.4 Å². The van der Waals surface area contributed by atoms with Gasteiger partial charge in [-0.1, -0.05) is 49.7 Å². The number of likely N-dealkylation sites (tertiary alicyclic amines) is 1. The second kappa shape index (κ2) is 10.6. The summed E-state index contributed by atoms with van der Waals surface area (Å²) in [6.45, 7) is 6.46. The summed E-state index contributed by atoms with van der Waals surface area (Å²) in [5.74, 6) is 1.42. The second-order valence-corrected chi connectivity index (χ2v) is 11.2. The van der Waals surface area contributed by atoms with Crippen molar-refractivity contribution >= 4 is 23.3 Å². The number of pyridine rings is 1. The van der Waals surface area contributed by atoms with E-state index in [0.717, 1.165) is 42.8 Å². The maximum absolute atomic E-state index is 13.5. The first-order valence-corrected chi connectivity index (χ1v) is 14.0. The lowest BCUT2D eigenvalue weighted by atomic mass is 10.0. The molecule has 2 unspecified atom stereocenters. The third-order valence-corrected chi connectivity index (χ3v) is 8.44. The molecule has 2 atom stereocenters. The van der Waals surface area contributed by atoms with Crippen molar-refractivity contribution in [2.45, 2.75) is 57.7 Å². The number of nitrogens with zero attached hydrogens (tertiary/aromatic N) is 6. The highest BCUT2D eigenvalue weighted by atomic mass is 35.5. The lowest BCUT2D eigenvalue weighted by molar-refractivity contribution is 0.0728. The standard InChI is InChI=1S/C30H33ClN6O2/c1-19(2)20-5-7-21(8-6-20)27-25(36-15-4-14-32-30(36)34-27)18-37-22-9-10-23(37)17-35(16-13-22)29(38)28-24(31)11-12-26(33-28)39-3/h4-8,11-12,14-15,19,22-23H,9-10,13,16-18H2,1-3H3. The Kier molecular flexibility index (Phi) is 6.99. The summed E-state index contributed by atoms with van der Waals surface area (Å²) in [6.07, 6.45) is 6.90. The smallest absolute Gasteiger partial charge is 0.274 e. The van der Waals surface area contributed by atoms with Crippen molar-refractivity contribution in [1.82, 2.24) is 29.2 Å². The maximum Gasteiger partial charge on any atom is 0.274 e. The third-order valence-electron chi connectivity index (χ3n) is 8.14. The molecular formula is C30H33ClN6O2. The summed E-state index contributed by atoms with van der Waals surface area (Å²) in [7, 11) is 1.54. The molecule has 5 heterocycles. The van der Waals surface area contributed by atoms with Gasteiger partial charge in [0.1, 0.15) is 0 Å². The van der Waals surface area contributed by atoms with Gasteiger partial charge in [0, 0.05) is 55.7 Å².